The monoisotopic (exact) mass is 316 g/mol. The molecule has 0 spiro atoms. The summed E-state index contributed by atoms with van der Waals surface area (Å²) >= 11 is 3.22. The molecule has 1 aromatic rings. The van der Waals surface area contributed by atoms with Crippen LogP contribution in [-0.2, 0) is 0 Å². The van der Waals surface area contributed by atoms with Crippen LogP contribution in [0.5, 0.6) is 0 Å². The predicted octanol–water partition coefficient (Wildman–Crippen LogP) is 2.66. The fourth-order valence-electron chi connectivity index (χ4n) is 1.52. The Morgan fingerprint density at radius 2 is 2.11 bits per heavy atom. The van der Waals surface area contributed by atoms with Gasteiger partial charge in [-0.05, 0) is 51.7 Å². The van der Waals surface area contributed by atoms with Gasteiger partial charge in [-0.1, -0.05) is 15.9 Å². The standard InChI is InChI=1S/C13H18BrFN2O/c1-17(2)8-4-3-7-16-13(18)11-9-10(14)5-6-12(11)15/h5-6,9H,3-4,7-8H2,1-2H3,(H,16,18). The topological polar surface area (TPSA) is 32.3 Å². The van der Waals surface area contributed by atoms with Crippen LogP contribution in [0, 0.1) is 5.82 Å². The van der Waals surface area contributed by atoms with Crippen LogP contribution in [0.4, 0.5) is 4.39 Å². The van der Waals surface area contributed by atoms with Crippen LogP contribution in [0.3, 0.4) is 0 Å². The second kappa shape index (κ2) is 7.48. The molecular weight excluding hydrogens is 299 g/mol. The van der Waals surface area contributed by atoms with E-state index >= 15 is 0 Å². The van der Waals surface area contributed by atoms with Gasteiger partial charge in [0.1, 0.15) is 5.82 Å². The number of nitrogens with zero attached hydrogens (tertiary/aromatic N) is 1. The number of rotatable bonds is 6. The highest BCUT2D eigenvalue weighted by Gasteiger charge is 2.11. The van der Waals surface area contributed by atoms with Crippen molar-refractivity contribution in [2.75, 3.05) is 27.2 Å². The van der Waals surface area contributed by atoms with Crippen molar-refractivity contribution >= 4 is 21.8 Å². The maximum atomic E-state index is 13.4. The van der Waals surface area contributed by atoms with E-state index in [1.807, 2.05) is 14.1 Å². The highest BCUT2D eigenvalue weighted by Crippen LogP contribution is 2.15. The van der Waals surface area contributed by atoms with Crippen molar-refractivity contribution < 1.29 is 9.18 Å². The van der Waals surface area contributed by atoms with E-state index in [0.717, 1.165) is 19.4 Å². The molecule has 0 unspecified atom stereocenters. The van der Waals surface area contributed by atoms with Crippen LogP contribution in [0.15, 0.2) is 22.7 Å². The molecule has 0 aliphatic carbocycles. The Morgan fingerprint density at radius 1 is 1.39 bits per heavy atom. The van der Waals surface area contributed by atoms with Gasteiger partial charge in [-0.15, -0.1) is 0 Å². The van der Waals surface area contributed by atoms with Gasteiger partial charge in [-0.3, -0.25) is 4.79 Å². The molecule has 0 fully saturated rings. The fraction of sp³-hybridized carbons (Fsp3) is 0.462. The average Bonchev–Trinajstić information content (AvgIpc) is 2.31. The van der Waals surface area contributed by atoms with Crippen molar-refractivity contribution in [3.8, 4) is 0 Å². The Kier molecular flexibility index (Phi) is 6.29. The molecule has 18 heavy (non-hydrogen) atoms. The number of amides is 1. The van der Waals surface area contributed by atoms with E-state index in [4.69, 9.17) is 0 Å². The van der Waals surface area contributed by atoms with Gasteiger partial charge in [0, 0.05) is 11.0 Å². The second-order valence-corrected chi connectivity index (χ2v) is 5.31. The summed E-state index contributed by atoms with van der Waals surface area (Å²) in [7, 11) is 4.02. The van der Waals surface area contributed by atoms with Crippen LogP contribution in [0.25, 0.3) is 0 Å². The van der Waals surface area contributed by atoms with Crippen LogP contribution in [0.2, 0.25) is 0 Å². The Bertz CT molecular complexity index is 410. The molecule has 0 atom stereocenters. The minimum atomic E-state index is -0.496. The third-order valence-electron chi connectivity index (χ3n) is 2.49. The van der Waals surface area contributed by atoms with Gasteiger partial charge in [0.2, 0.25) is 0 Å². The molecule has 0 heterocycles. The second-order valence-electron chi connectivity index (χ2n) is 4.39. The summed E-state index contributed by atoms with van der Waals surface area (Å²) in [6, 6.07) is 4.35. The number of halogens is 2. The van der Waals surface area contributed by atoms with Gasteiger partial charge in [0.15, 0.2) is 0 Å². The Hall–Kier alpha value is -0.940. The number of carbonyl (C=O) groups is 1. The Labute approximate surface area is 115 Å². The summed E-state index contributed by atoms with van der Waals surface area (Å²) in [5, 5.41) is 2.72. The number of hydrogen-bond acceptors (Lipinski definition) is 2. The molecule has 0 aromatic heterocycles. The maximum Gasteiger partial charge on any atom is 0.254 e. The van der Waals surface area contributed by atoms with E-state index in [0.29, 0.717) is 11.0 Å². The van der Waals surface area contributed by atoms with E-state index in [9.17, 15) is 9.18 Å². The van der Waals surface area contributed by atoms with Crippen LogP contribution < -0.4 is 5.32 Å². The van der Waals surface area contributed by atoms with Crippen LogP contribution in [-0.4, -0.2) is 38.0 Å². The van der Waals surface area contributed by atoms with Gasteiger partial charge in [0.25, 0.3) is 5.91 Å². The molecule has 3 nitrogen and oxygen atoms in total. The number of hydrogen-bond donors (Lipinski definition) is 1. The summed E-state index contributed by atoms with van der Waals surface area (Å²) in [5.74, 6) is -0.859. The molecule has 1 rings (SSSR count). The molecule has 0 aliphatic heterocycles. The van der Waals surface area contributed by atoms with E-state index < -0.39 is 5.82 Å². The van der Waals surface area contributed by atoms with Crippen molar-refractivity contribution in [3.63, 3.8) is 0 Å². The summed E-state index contributed by atoms with van der Waals surface area (Å²) in [4.78, 5) is 13.8. The first-order chi connectivity index (χ1) is 8.50. The van der Waals surface area contributed by atoms with Gasteiger partial charge < -0.3 is 10.2 Å². The van der Waals surface area contributed by atoms with Gasteiger partial charge in [0.05, 0.1) is 5.56 Å². The summed E-state index contributed by atoms with van der Waals surface area (Å²) in [6.45, 7) is 1.56. The zero-order valence-electron chi connectivity index (χ0n) is 10.7. The number of nitrogens with one attached hydrogen (secondary N) is 1. The highest BCUT2D eigenvalue weighted by molar-refractivity contribution is 9.10. The molecule has 5 heteroatoms. The van der Waals surface area contributed by atoms with Crippen molar-refractivity contribution in [1.82, 2.24) is 10.2 Å². The molecule has 1 N–H and O–H groups in total. The minimum absolute atomic E-state index is 0.0805. The molecule has 0 bridgehead atoms. The van der Waals surface area contributed by atoms with E-state index in [-0.39, 0.29) is 11.5 Å². The zero-order chi connectivity index (χ0) is 13.5. The lowest BCUT2D eigenvalue weighted by Gasteiger charge is -2.09. The first-order valence-electron chi connectivity index (χ1n) is 5.88. The SMILES string of the molecule is CN(C)CCCCNC(=O)c1cc(Br)ccc1F. The molecule has 0 aliphatic rings. The first kappa shape index (κ1) is 15.1. The predicted molar refractivity (Wildman–Crippen MR) is 74.2 cm³/mol. The lowest BCUT2D eigenvalue weighted by Crippen LogP contribution is -2.26. The molecule has 1 aromatic carbocycles. The largest absolute Gasteiger partial charge is 0.352 e. The van der Waals surface area contributed by atoms with Gasteiger partial charge in [-0.2, -0.15) is 0 Å². The van der Waals surface area contributed by atoms with E-state index in [2.05, 4.69) is 26.1 Å². The van der Waals surface area contributed by atoms with Gasteiger partial charge >= 0.3 is 0 Å². The first-order valence-corrected chi connectivity index (χ1v) is 6.68. The molecule has 0 radical (unpaired) electrons. The van der Waals surface area contributed by atoms with Crippen molar-refractivity contribution in [1.29, 1.82) is 0 Å². The molecular formula is C13H18BrFN2O. The van der Waals surface area contributed by atoms with E-state index in [1.165, 1.54) is 12.1 Å². The van der Waals surface area contributed by atoms with Crippen molar-refractivity contribution in [3.05, 3.63) is 34.1 Å². The summed E-state index contributed by atoms with van der Waals surface area (Å²) in [5.41, 5.74) is 0.0805. The molecule has 1 amide bonds. The van der Waals surface area contributed by atoms with Gasteiger partial charge in [-0.25, -0.2) is 4.39 Å². The third-order valence-corrected chi connectivity index (χ3v) is 2.98. The number of unbranched alkanes of at least 4 members (excludes halogenated alkanes) is 1. The number of benzene rings is 1. The molecule has 0 saturated carbocycles. The van der Waals surface area contributed by atoms with Crippen molar-refractivity contribution in [2.24, 2.45) is 0 Å². The zero-order valence-corrected chi connectivity index (χ0v) is 12.3. The maximum absolute atomic E-state index is 13.4. The smallest absolute Gasteiger partial charge is 0.254 e. The molecule has 0 saturated heterocycles. The van der Waals surface area contributed by atoms with Crippen LogP contribution in [0.1, 0.15) is 23.2 Å². The lowest BCUT2D eigenvalue weighted by atomic mass is 10.2. The minimum Gasteiger partial charge on any atom is -0.352 e. The quantitative estimate of drug-likeness (QED) is 0.818. The Morgan fingerprint density at radius 3 is 2.78 bits per heavy atom. The molecule has 100 valence electrons. The average molecular weight is 317 g/mol. The Balaban J connectivity index is 2.39. The fourth-order valence-corrected chi connectivity index (χ4v) is 1.88. The lowest BCUT2D eigenvalue weighted by molar-refractivity contribution is 0.0948. The van der Waals surface area contributed by atoms with Crippen molar-refractivity contribution in [2.45, 2.75) is 12.8 Å². The third kappa shape index (κ3) is 5.14. The number of carbonyl (C=O) groups excluding carboxylic acids is 1. The summed E-state index contributed by atoms with van der Waals surface area (Å²) in [6.07, 6.45) is 1.90. The van der Waals surface area contributed by atoms with E-state index in [1.54, 1.807) is 6.07 Å². The highest BCUT2D eigenvalue weighted by atomic mass is 79.9. The normalized spacial score (nSPS) is 10.7. The summed E-state index contributed by atoms with van der Waals surface area (Å²) < 4.78 is 14.1. The van der Waals surface area contributed by atoms with Crippen LogP contribution >= 0.6 is 15.9 Å².